The zero-order chi connectivity index (χ0) is 12.9. The van der Waals surface area contributed by atoms with Crippen molar-refractivity contribution in [3.05, 3.63) is 35.4 Å². The van der Waals surface area contributed by atoms with Crippen LogP contribution in [0.15, 0.2) is 24.3 Å². The van der Waals surface area contributed by atoms with Gasteiger partial charge in [-0.05, 0) is 17.7 Å². The van der Waals surface area contributed by atoms with E-state index in [-0.39, 0.29) is 18.2 Å². The third-order valence-electron chi connectivity index (χ3n) is 2.13. The van der Waals surface area contributed by atoms with E-state index in [0.717, 1.165) is 11.8 Å². The Bertz CT molecular complexity index is 482. The van der Waals surface area contributed by atoms with Gasteiger partial charge in [-0.1, -0.05) is 12.1 Å². The molecule has 0 heterocycles. The molecule has 0 fully saturated rings. The summed E-state index contributed by atoms with van der Waals surface area (Å²) in [4.78, 5) is 11.6. The van der Waals surface area contributed by atoms with Crippen LogP contribution in [-0.4, -0.2) is 32.9 Å². The Hall–Kier alpha value is -1.07. The topological polar surface area (TPSA) is 63.2 Å². The quantitative estimate of drug-likeness (QED) is 0.822. The van der Waals surface area contributed by atoms with Crippen molar-refractivity contribution < 1.29 is 13.2 Å². The fourth-order valence-corrected chi connectivity index (χ4v) is 1.85. The fourth-order valence-electron chi connectivity index (χ4n) is 1.20. The molecule has 0 aliphatic carbocycles. The molecule has 0 aliphatic heterocycles. The summed E-state index contributed by atoms with van der Waals surface area (Å²) in [6.45, 7) is 0.120. The molecule has 0 aliphatic rings. The predicted octanol–water partition coefficient (Wildman–Crippen LogP) is 1.20. The number of rotatable bonds is 5. The minimum absolute atomic E-state index is 0.0570. The normalized spacial score (nSPS) is 11.2. The Kier molecular flexibility index (Phi) is 4.96. The highest BCUT2D eigenvalue weighted by Crippen LogP contribution is 2.06. The number of alkyl halides is 1. The number of carbonyl (C=O) groups excluding carboxylic acids is 1. The number of carbonyl (C=O) groups is 1. The molecule has 6 heteroatoms. The van der Waals surface area contributed by atoms with Crippen LogP contribution in [0.5, 0.6) is 0 Å². The van der Waals surface area contributed by atoms with Crippen LogP contribution in [0.3, 0.4) is 0 Å². The van der Waals surface area contributed by atoms with Gasteiger partial charge in [0.1, 0.15) is 9.84 Å². The smallest absolute Gasteiger partial charge is 0.251 e. The SMILES string of the molecule is CS(=O)(=O)CCNC(=O)c1ccc(CCl)cc1. The van der Waals surface area contributed by atoms with Gasteiger partial charge >= 0.3 is 0 Å². The summed E-state index contributed by atoms with van der Waals surface area (Å²) in [5.41, 5.74) is 1.42. The molecule has 1 amide bonds. The zero-order valence-electron chi connectivity index (χ0n) is 9.44. The van der Waals surface area contributed by atoms with E-state index in [4.69, 9.17) is 11.6 Å². The van der Waals surface area contributed by atoms with Crippen LogP contribution >= 0.6 is 11.6 Å². The molecule has 0 saturated heterocycles. The molecule has 1 aromatic carbocycles. The number of hydrogen-bond acceptors (Lipinski definition) is 3. The molecular formula is C11H14ClNO3S. The van der Waals surface area contributed by atoms with Crippen molar-refractivity contribution in [1.29, 1.82) is 0 Å². The molecule has 0 unspecified atom stereocenters. The van der Waals surface area contributed by atoms with Gasteiger partial charge in [0, 0.05) is 24.2 Å². The Morgan fingerprint density at radius 2 is 1.88 bits per heavy atom. The molecule has 0 radical (unpaired) electrons. The van der Waals surface area contributed by atoms with Gasteiger partial charge in [-0.3, -0.25) is 4.79 Å². The molecule has 1 aromatic rings. The van der Waals surface area contributed by atoms with E-state index >= 15 is 0 Å². The number of halogens is 1. The average Bonchev–Trinajstić information content (AvgIpc) is 2.27. The number of benzene rings is 1. The summed E-state index contributed by atoms with van der Waals surface area (Å²) in [7, 11) is -3.04. The van der Waals surface area contributed by atoms with E-state index in [2.05, 4.69) is 5.32 Å². The maximum absolute atomic E-state index is 11.6. The summed E-state index contributed by atoms with van der Waals surface area (Å²) >= 11 is 5.63. The van der Waals surface area contributed by atoms with E-state index in [1.165, 1.54) is 0 Å². The van der Waals surface area contributed by atoms with Gasteiger partial charge in [-0.15, -0.1) is 11.6 Å². The second-order valence-electron chi connectivity index (χ2n) is 3.72. The fraction of sp³-hybridized carbons (Fsp3) is 0.364. The lowest BCUT2D eigenvalue weighted by Crippen LogP contribution is -2.28. The summed E-state index contributed by atoms with van der Waals surface area (Å²) in [5.74, 6) is 0.0591. The van der Waals surface area contributed by atoms with Crippen molar-refractivity contribution >= 4 is 27.3 Å². The third kappa shape index (κ3) is 5.19. The Morgan fingerprint density at radius 1 is 1.29 bits per heavy atom. The lowest BCUT2D eigenvalue weighted by atomic mass is 10.1. The van der Waals surface area contributed by atoms with Crippen LogP contribution in [0.1, 0.15) is 15.9 Å². The first-order valence-electron chi connectivity index (χ1n) is 5.03. The lowest BCUT2D eigenvalue weighted by Gasteiger charge is -2.04. The van der Waals surface area contributed by atoms with E-state index in [9.17, 15) is 13.2 Å². The van der Waals surface area contributed by atoms with Crippen molar-refractivity contribution in [2.45, 2.75) is 5.88 Å². The maximum Gasteiger partial charge on any atom is 0.251 e. The Morgan fingerprint density at radius 3 is 2.35 bits per heavy atom. The van der Waals surface area contributed by atoms with E-state index in [1.807, 2.05) is 0 Å². The molecule has 0 saturated carbocycles. The van der Waals surface area contributed by atoms with Crippen LogP contribution in [0, 0.1) is 0 Å². The largest absolute Gasteiger partial charge is 0.351 e. The highest BCUT2D eigenvalue weighted by Gasteiger charge is 2.07. The van der Waals surface area contributed by atoms with Gasteiger partial charge in [0.2, 0.25) is 0 Å². The molecule has 17 heavy (non-hydrogen) atoms. The van der Waals surface area contributed by atoms with Gasteiger partial charge in [-0.2, -0.15) is 0 Å². The summed E-state index contributed by atoms with van der Waals surface area (Å²) in [6.07, 6.45) is 1.13. The number of nitrogens with one attached hydrogen (secondary N) is 1. The second-order valence-corrected chi connectivity index (χ2v) is 6.24. The summed E-state index contributed by atoms with van der Waals surface area (Å²) < 4.78 is 21.7. The molecule has 0 spiro atoms. The highest BCUT2D eigenvalue weighted by molar-refractivity contribution is 7.90. The first-order chi connectivity index (χ1) is 7.92. The van der Waals surface area contributed by atoms with Crippen molar-refractivity contribution in [2.24, 2.45) is 0 Å². The molecule has 1 rings (SSSR count). The van der Waals surface area contributed by atoms with Crippen LogP contribution in [0.25, 0.3) is 0 Å². The van der Waals surface area contributed by atoms with Crippen molar-refractivity contribution in [2.75, 3.05) is 18.6 Å². The second kappa shape index (κ2) is 6.02. The summed E-state index contributed by atoms with van der Waals surface area (Å²) in [6, 6.07) is 6.85. The Labute approximate surface area is 106 Å². The van der Waals surface area contributed by atoms with E-state index in [1.54, 1.807) is 24.3 Å². The maximum atomic E-state index is 11.6. The van der Waals surface area contributed by atoms with Gasteiger partial charge in [0.05, 0.1) is 5.75 Å². The zero-order valence-corrected chi connectivity index (χ0v) is 11.0. The molecule has 0 aromatic heterocycles. The van der Waals surface area contributed by atoms with Gasteiger partial charge in [0.25, 0.3) is 5.91 Å². The van der Waals surface area contributed by atoms with Crippen LogP contribution in [0.2, 0.25) is 0 Å². The summed E-state index contributed by atoms with van der Waals surface area (Å²) in [5, 5.41) is 2.54. The van der Waals surface area contributed by atoms with Gasteiger partial charge in [0.15, 0.2) is 0 Å². The molecular weight excluding hydrogens is 262 g/mol. The van der Waals surface area contributed by atoms with Crippen molar-refractivity contribution in [3.63, 3.8) is 0 Å². The lowest BCUT2D eigenvalue weighted by molar-refractivity contribution is 0.0956. The third-order valence-corrected chi connectivity index (χ3v) is 3.38. The van der Waals surface area contributed by atoms with Crippen LogP contribution in [-0.2, 0) is 15.7 Å². The first kappa shape index (κ1) is 14.0. The molecule has 94 valence electrons. The van der Waals surface area contributed by atoms with Crippen molar-refractivity contribution in [3.8, 4) is 0 Å². The predicted molar refractivity (Wildman–Crippen MR) is 68.0 cm³/mol. The highest BCUT2D eigenvalue weighted by atomic mass is 35.5. The standard InChI is InChI=1S/C11H14ClNO3S/c1-17(15,16)7-6-13-11(14)10-4-2-9(8-12)3-5-10/h2-5H,6-8H2,1H3,(H,13,14). The van der Waals surface area contributed by atoms with E-state index in [0.29, 0.717) is 11.4 Å². The number of sulfone groups is 1. The Balaban J connectivity index is 2.52. The minimum atomic E-state index is -3.04. The van der Waals surface area contributed by atoms with Crippen molar-refractivity contribution in [1.82, 2.24) is 5.32 Å². The number of hydrogen-bond donors (Lipinski definition) is 1. The molecule has 1 N–H and O–H groups in total. The van der Waals surface area contributed by atoms with E-state index < -0.39 is 9.84 Å². The molecule has 4 nitrogen and oxygen atoms in total. The average molecular weight is 276 g/mol. The number of amides is 1. The molecule has 0 bridgehead atoms. The monoisotopic (exact) mass is 275 g/mol. The van der Waals surface area contributed by atoms with Crippen LogP contribution in [0.4, 0.5) is 0 Å². The minimum Gasteiger partial charge on any atom is -0.351 e. The van der Waals surface area contributed by atoms with Crippen LogP contribution < -0.4 is 5.32 Å². The van der Waals surface area contributed by atoms with Gasteiger partial charge < -0.3 is 5.32 Å². The molecule has 0 atom stereocenters. The van der Waals surface area contributed by atoms with Gasteiger partial charge in [-0.25, -0.2) is 8.42 Å². The first-order valence-corrected chi connectivity index (χ1v) is 7.63.